The largest absolute Gasteiger partial charge is 0.544 e. The number of rotatable bonds is 10. The molecule has 4 nitrogen and oxygen atoms in total. The van der Waals surface area contributed by atoms with Crippen LogP contribution in [0.5, 0.6) is 11.5 Å². The molecular formula is C32H54N2O2Si2. The maximum absolute atomic E-state index is 6.46. The van der Waals surface area contributed by atoms with Crippen LogP contribution in [-0.2, 0) is 13.1 Å². The molecule has 38 heavy (non-hydrogen) atoms. The Bertz CT molecular complexity index is 922. The standard InChI is InChI=1S/C32H54N2O2Si2/c1-31(2,3)37(7,8)35-27-19-15-25(16-20-27)23-33-29-13-11-12-14-30(29)34-24-26-17-21-28(22-18-26)36-38(9,10)32(4,5)6/h15-22,29-30,33-34H,11-14,23-24H2,1-10H3/t29-,30-/m0/s1. The first kappa shape index (κ1) is 30.9. The van der Waals surface area contributed by atoms with E-state index in [4.69, 9.17) is 8.85 Å². The number of benzene rings is 2. The van der Waals surface area contributed by atoms with E-state index in [0.717, 1.165) is 24.6 Å². The highest BCUT2D eigenvalue weighted by Crippen LogP contribution is 2.38. The minimum Gasteiger partial charge on any atom is -0.544 e. The van der Waals surface area contributed by atoms with Crippen LogP contribution in [0.4, 0.5) is 0 Å². The van der Waals surface area contributed by atoms with Gasteiger partial charge in [0.2, 0.25) is 16.6 Å². The van der Waals surface area contributed by atoms with E-state index in [0.29, 0.717) is 12.1 Å². The minimum atomic E-state index is -1.81. The molecule has 0 unspecified atom stereocenters. The van der Waals surface area contributed by atoms with Gasteiger partial charge in [0.25, 0.3) is 0 Å². The van der Waals surface area contributed by atoms with Gasteiger partial charge in [0.15, 0.2) is 0 Å². The lowest BCUT2D eigenvalue weighted by Crippen LogP contribution is -2.49. The molecule has 0 heterocycles. The van der Waals surface area contributed by atoms with Gasteiger partial charge in [-0.05, 0) is 84.5 Å². The summed E-state index contributed by atoms with van der Waals surface area (Å²) < 4.78 is 12.9. The molecule has 0 aliphatic heterocycles. The highest BCUT2D eigenvalue weighted by atomic mass is 28.4. The normalized spacial score (nSPS) is 19.3. The van der Waals surface area contributed by atoms with Crippen molar-refractivity contribution >= 4 is 16.6 Å². The molecule has 1 saturated carbocycles. The van der Waals surface area contributed by atoms with Crippen LogP contribution < -0.4 is 19.5 Å². The molecule has 212 valence electrons. The SMILES string of the molecule is CC(C)(C)[Si](C)(C)Oc1ccc(CN[C@H]2CCCC[C@@H]2NCc2ccc(O[Si](C)(C)C(C)(C)C)cc2)cc1. The second-order valence-corrected chi connectivity index (χ2v) is 23.7. The molecule has 1 aliphatic carbocycles. The number of hydrogen-bond donors (Lipinski definition) is 2. The quantitative estimate of drug-likeness (QED) is 0.288. The highest BCUT2D eigenvalue weighted by Gasteiger charge is 2.39. The van der Waals surface area contributed by atoms with Crippen LogP contribution in [-0.4, -0.2) is 28.7 Å². The van der Waals surface area contributed by atoms with E-state index < -0.39 is 16.6 Å². The Balaban J connectivity index is 1.51. The van der Waals surface area contributed by atoms with E-state index in [-0.39, 0.29) is 10.1 Å². The summed E-state index contributed by atoms with van der Waals surface area (Å²) in [6.45, 7) is 24.7. The van der Waals surface area contributed by atoms with Gasteiger partial charge in [-0.3, -0.25) is 0 Å². The molecular weight excluding hydrogens is 501 g/mol. The topological polar surface area (TPSA) is 42.5 Å². The van der Waals surface area contributed by atoms with E-state index in [1.165, 1.54) is 36.8 Å². The molecule has 2 aromatic rings. The third-order valence-corrected chi connectivity index (χ3v) is 17.8. The second kappa shape index (κ2) is 12.3. The molecule has 2 N–H and O–H groups in total. The maximum Gasteiger partial charge on any atom is 0.250 e. The van der Waals surface area contributed by atoms with Gasteiger partial charge < -0.3 is 19.5 Å². The van der Waals surface area contributed by atoms with Crippen LogP contribution in [0.15, 0.2) is 48.5 Å². The predicted molar refractivity (Wildman–Crippen MR) is 168 cm³/mol. The summed E-state index contributed by atoms with van der Waals surface area (Å²) in [5, 5.41) is 8.12. The summed E-state index contributed by atoms with van der Waals surface area (Å²) in [6, 6.07) is 18.4. The number of nitrogens with one attached hydrogen (secondary N) is 2. The van der Waals surface area contributed by atoms with Crippen molar-refractivity contribution in [2.24, 2.45) is 0 Å². The van der Waals surface area contributed by atoms with Crippen LogP contribution in [0.25, 0.3) is 0 Å². The first-order chi connectivity index (χ1) is 17.6. The van der Waals surface area contributed by atoms with Crippen LogP contribution in [0, 0.1) is 0 Å². The van der Waals surface area contributed by atoms with Crippen LogP contribution >= 0.6 is 0 Å². The third-order valence-electron chi connectivity index (χ3n) is 9.11. The van der Waals surface area contributed by atoms with Gasteiger partial charge in [0, 0.05) is 25.2 Å². The molecule has 3 rings (SSSR count). The highest BCUT2D eigenvalue weighted by molar-refractivity contribution is 6.75. The lowest BCUT2D eigenvalue weighted by molar-refractivity contribution is 0.281. The van der Waals surface area contributed by atoms with Crippen molar-refractivity contribution in [3.05, 3.63) is 59.7 Å². The first-order valence-electron chi connectivity index (χ1n) is 14.6. The first-order valence-corrected chi connectivity index (χ1v) is 20.4. The Hall–Kier alpha value is -1.61. The van der Waals surface area contributed by atoms with Crippen molar-refractivity contribution in [3.8, 4) is 11.5 Å². The molecule has 2 aromatic carbocycles. The minimum absolute atomic E-state index is 0.205. The van der Waals surface area contributed by atoms with Crippen molar-refractivity contribution in [2.45, 2.75) is 129 Å². The van der Waals surface area contributed by atoms with Gasteiger partial charge in [-0.2, -0.15) is 0 Å². The summed E-state index contributed by atoms with van der Waals surface area (Å²) in [7, 11) is -3.61. The van der Waals surface area contributed by atoms with Gasteiger partial charge >= 0.3 is 0 Å². The summed E-state index contributed by atoms with van der Waals surface area (Å²) in [5.74, 6) is 2.00. The molecule has 2 atom stereocenters. The lowest BCUT2D eigenvalue weighted by Gasteiger charge is -2.36. The van der Waals surface area contributed by atoms with Crippen molar-refractivity contribution in [2.75, 3.05) is 0 Å². The smallest absolute Gasteiger partial charge is 0.250 e. The summed E-state index contributed by atoms with van der Waals surface area (Å²) in [5.41, 5.74) is 2.63. The Kier molecular flexibility index (Phi) is 9.99. The fraction of sp³-hybridized carbons (Fsp3) is 0.625. The fourth-order valence-corrected chi connectivity index (χ4v) is 6.43. The Labute approximate surface area is 235 Å². The van der Waals surface area contributed by atoms with E-state index in [9.17, 15) is 0 Å². The summed E-state index contributed by atoms with van der Waals surface area (Å²) >= 11 is 0. The summed E-state index contributed by atoms with van der Waals surface area (Å²) in [6.07, 6.45) is 5.05. The molecule has 6 heteroatoms. The molecule has 0 radical (unpaired) electrons. The Morgan fingerprint density at radius 3 is 1.21 bits per heavy atom. The van der Waals surface area contributed by atoms with Crippen LogP contribution in [0.2, 0.25) is 36.3 Å². The van der Waals surface area contributed by atoms with E-state index in [1.807, 2.05) is 0 Å². The van der Waals surface area contributed by atoms with Gasteiger partial charge in [0.1, 0.15) is 11.5 Å². The number of hydrogen-bond acceptors (Lipinski definition) is 4. The third kappa shape index (κ3) is 8.44. The van der Waals surface area contributed by atoms with Crippen molar-refractivity contribution in [3.63, 3.8) is 0 Å². The Morgan fingerprint density at radius 1 is 0.605 bits per heavy atom. The molecule has 1 fully saturated rings. The molecule has 0 aromatic heterocycles. The second-order valence-electron chi connectivity index (χ2n) is 14.3. The van der Waals surface area contributed by atoms with Gasteiger partial charge in [-0.1, -0.05) is 78.6 Å². The van der Waals surface area contributed by atoms with Crippen LogP contribution in [0.3, 0.4) is 0 Å². The van der Waals surface area contributed by atoms with Crippen molar-refractivity contribution in [1.29, 1.82) is 0 Å². The van der Waals surface area contributed by atoms with E-state index in [2.05, 4.69) is 127 Å². The average molecular weight is 555 g/mol. The summed E-state index contributed by atoms with van der Waals surface area (Å²) in [4.78, 5) is 0. The van der Waals surface area contributed by atoms with Crippen molar-refractivity contribution in [1.82, 2.24) is 10.6 Å². The monoisotopic (exact) mass is 554 g/mol. The van der Waals surface area contributed by atoms with Gasteiger partial charge in [0.05, 0.1) is 0 Å². The molecule has 0 amide bonds. The zero-order valence-electron chi connectivity index (χ0n) is 25.8. The fourth-order valence-electron chi connectivity index (χ4n) is 4.36. The van der Waals surface area contributed by atoms with Gasteiger partial charge in [-0.25, -0.2) is 0 Å². The average Bonchev–Trinajstić information content (AvgIpc) is 2.82. The maximum atomic E-state index is 6.46. The molecule has 1 aliphatic rings. The van der Waals surface area contributed by atoms with E-state index >= 15 is 0 Å². The molecule has 0 bridgehead atoms. The molecule has 0 spiro atoms. The van der Waals surface area contributed by atoms with Crippen molar-refractivity contribution < 1.29 is 8.85 Å². The zero-order valence-corrected chi connectivity index (χ0v) is 27.8. The lowest BCUT2D eigenvalue weighted by atomic mass is 9.90. The van der Waals surface area contributed by atoms with E-state index in [1.54, 1.807) is 0 Å². The zero-order chi connectivity index (χ0) is 28.2. The molecule has 0 saturated heterocycles. The van der Waals surface area contributed by atoms with Gasteiger partial charge in [-0.15, -0.1) is 0 Å². The Morgan fingerprint density at radius 2 is 0.921 bits per heavy atom. The predicted octanol–water partition coefficient (Wildman–Crippen LogP) is 8.65. The van der Waals surface area contributed by atoms with Crippen LogP contribution in [0.1, 0.15) is 78.4 Å².